The number of phenolic OH excluding ortho intramolecular Hbond substituents is 2. The molecular weight excluding hydrogens is 741 g/mol. The highest BCUT2D eigenvalue weighted by Crippen LogP contribution is 2.40. The molecule has 0 heterocycles. The van der Waals surface area contributed by atoms with Crippen molar-refractivity contribution in [1.82, 2.24) is 10.6 Å². The van der Waals surface area contributed by atoms with Crippen molar-refractivity contribution < 1.29 is 50.5 Å². The molecule has 15 nitrogen and oxygen atoms in total. The van der Waals surface area contributed by atoms with E-state index < -0.39 is 59.4 Å². The SMILES string of the molecule is Cc1cc(Nc2cc(S(=O)(=O)O)c(O)c3ccccc23)ccc1C(=O)NC(=O)NC(=O)c1ccc(Nc2cc(S(=O)(=O)O)c(O)c3ccccc23)cc1C. The Balaban J connectivity index is 1.14. The van der Waals surface area contributed by atoms with Crippen LogP contribution in [0.15, 0.2) is 107 Å². The molecular formula is C37H30N4O11S2. The number of hydrogen-bond donors (Lipinski definition) is 8. The molecule has 0 saturated heterocycles. The number of benzene rings is 6. The molecule has 0 aliphatic heterocycles. The highest BCUT2D eigenvalue weighted by molar-refractivity contribution is 7.86. The second-order valence-corrected chi connectivity index (χ2v) is 14.9. The summed E-state index contributed by atoms with van der Waals surface area (Å²) < 4.78 is 67.0. The van der Waals surface area contributed by atoms with E-state index in [2.05, 4.69) is 21.3 Å². The van der Waals surface area contributed by atoms with Crippen molar-refractivity contribution >= 4 is 82.4 Å². The monoisotopic (exact) mass is 770 g/mol. The van der Waals surface area contributed by atoms with E-state index in [0.29, 0.717) is 33.3 Å². The Kier molecular flexibility index (Phi) is 9.74. The highest BCUT2D eigenvalue weighted by atomic mass is 32.2. The number of aryl methyl sites for hydroxylation is 2. The lowest BCUT2D eigenvalue weighted by Crippen LogP contribution is -2.42. The van der Waals surface area contributed by atoms with Crippen molar-refractivity contribution in [3.63, 3.8) is 0 Å². The zero-order valence-corrected chi connectivity index (χ0v) is 29.8. The molecule has 0 saturated carbocycles. The van der Waals surface area contributed by atoms with Crippen LogP contribution < -0.4 is 21.3 Å². The summed E-state index contributed by atoms with van der Waals surface area (Å²) in [6.45, 7) is 3.18. The number of anilines is 4. The van der Waals surface area contributed by atoms with Crippen LogP contribution in [0.5, 0.6) is 11.5 Å². The third kappa shape index (κ3) is 7.50. The molecule has 0 atom stereocenters. The average molecular weight is 771 g/mol. The van der Waals surface area contributed by atoms with E-state index in [-0.39, 0.29) is 33.3 Å². The van der Waals surface area contributed by atoms with Gasteiger partial charge in [-0.05, 0) is 73.5 Å². The standard InChI is InChI=1S/C37H30N4O11S2/c1-19-15-21(38-29-17-31(53(47,48)49)33(42)27-9-5-3-7-25(27)29)11-13-23(19)35(44)40-37(46)41-36(45)24-14-12-22(16-20(24)2)39-30-18-32(54(50,51)52)34(43)28-10-6-4-8-26(28)30/h3-18,38-39,42-43H,1-2H3,(H,47,48,49)(H,50,51,52)(H2,40,41,44,45,46). The Morgan fingerprint density at radius 2 is 0.870 bits per heavy atom. The second-order valence-electron chi connectivity index (χ2n) is 12.1. The van der Waals surface area contributed by atoms with Gasteiger partial charge >= 0.3 is 6.03 Å². The minimum absolute atomic E-state index is 0.0860. The highest BCUT2D eigenvalue weighted by Gasteiger charge is 2.23. The normalized spacial score (nSPS) is 11.6. The first-order valence-electron chi connectivity index (χ1n) is 15.8. The van der Waals surface area contributed by atoms with Crippen LogP contribution in [0, 0.1) is 13.8 Å². The fraction of sp³-hybridized carbons (Fsp3) is 0.0541. The quantitative estimate of drug-likeness (QED) is 0.0628. The topological polar surface area (TPSA) is 249 Å². The lowest BCUT2D eigenvalue weighted by molar-refractivity contribution is 0.0944. The molecule has 54 heavy (non-hydrogen) atoms. The summed E-state index contributed by atoms with van der Waals surface area (Å²) in [6.07, 6.45) is 0. The van der Waals surface area contributed by atoms with Gasteiger partial charge in [0.2, 0.25) is 0 Å². The number of rotatable bonds is 8. The molecule has 0 fully saturated rings. The van der Waals surface area contributed by atoms with Crippen molar-refractivity contribution in [3.05, 3.63) is 119 Å². The van der Waals surface area contributed by atoms with Crippen LogP contribution in [0.3, 0.4) is 0 Å². The number of hydrogen-bond acceptors (Lipinski definition) is 11. The zero-order chi connectivity index (χ0) is 39.1. The second kappa shape index (κ2) is 14.1. The predicted octanol–water partition coefficient (Wildman–Crippen LogP) is 6.28. The maximum Gasteiger partial charge on any atom is 0.328 e. The van der Waals surface area contributed by atoms with E-state index >= 15 is 0 Å². The summed E-state index contributed by atoms with van der Waals surface area (Å²) in [5.74, 6) is -2.87. The number of carbonyl (C=O) groups excluding carboxylic acids is 3. The molecule has 6 rings (SSSR count). The van der Waals surface area contributed by atoms with Gasteiger partial charge in [-0.2, -0.15) is 16.8 Å². The van der Waals surface area contributed by atoms with Gasteiger partial charge < -0.3 is 20.8 Å². The molecule has 0 aromatic heterocycles. The van der Waals surface area contributed by atoms with E-state index in [1.807, 2.05) is 0 Å². The van der Waals surface area contributed by atoms with Crippen molar-refractivity contribution in [2.75, 3.05) is 10.6 Å². The van der Waals surface area contributed by atoms with Gasteiger partial charge in [-0.3, -0.25) is 29.3 Å². The molecule has 0 bridgehead atoms. The molecule has 8 N–H and O–H groups in total. The van der Waals surface area contributed by atoms with Gasteiger partial charge in [0.05, 0.1) is 0 Å². The van der Waals surface area contributed by atoms with Crippen LogP contribution >= 0.6 is 0 Å². The van der Waals surface area contributed by atoms with Crippen LogP contribution in [0.4, 0.5) is 27.5 Å². The lowest BCUT2D eigenvalue weighted by Gasteiger charge is -2.15. The first-order chi connectivity index (χ1) is 25.4. The summed E-state index contributed by atoms with van der Waals surface area (Å²) in [7, 11) is -9.54. The van der Waals surface area contributed by atoms with E-state index in [1.165, 1.54) is 36.4 Å². The molecule has 0 aliphatic rings. The summed E-state index contributed by atoms with van der Waals surface area (Å²) in [4.78, 5) is 37.3. The Morgan fingerprint density at radius 1 is 0.519 bits per heavy atom. The number of aromatic hydroxyl groups is 2. The molecule has 0 spiro atoms. The lowest BCUT2D eigenvalue weighted by atomic mass is 10.1. The van der Waals surface area contributed by atoms with Crippen LogP contribution in [0.1, 0.15) is 31.8 Å². The Morgan fingerprint density at radius 3 is 1.20 bits per heavy atom. The smallest absolute Gasteiger partial charge is 0.328 e. The van der Waals surface area contributed by atoms with Crippen LogP contribution in [-0.2, 0) is 20.2 Å². The largest absolute Gasteiger partial charge is 0.506 e. The van der Waals surface area contributed by atoms with Gasteiger partial charge in [-0.1, -0.05) is 48.5 Å². The number of nitrogens with one attached hydrogen (secondary N) is 4. The molecule has 0 radical (unpaired) electrons. The van der Waals surface area contributed by atoms with Crippen LogP contribution in [0.25, 0.3) is 21.5 Å². The zero-order valence-electron chi connectivity index (χ0n) is 28.2. The summed E-state index contributed by atoms with van der Waals surface area (Å²) in [5, 5.41) is 32.4. The number of amides is 4. The van der Waals surface area contributed by atoms with Crippen LogP contribution in [0.2, 0.25) is 0 Å². The van der Waals surface area contributed by atoms with E-state index in [1.54, 1.807) is 62.4 Å². The predicted molar refractivity (Wildman–Crippen MR) is 200 cm³/mol. The Labute approximate surface area is 307 Å². The summed E-state index contributed by atoms with van der Waals surface area (Å²) in [5.41, 5.74) is 2.27. The van der Waals surface area contributed by atoms with E-state index in [0.717, 1.165) is 12.1 Å². The fourth-order valence-corrected chi connectivity index (χ4v) is 7.19. The first-order valence-corrected chi connectivity index (χ1v) is 18.7. The minimum atomic E-state index is -4.77. The van der Waals surface area contributed by atoms with Crippen molar-refractivity contribution in [3.8, 4) is 11.5 Å². The van der Waals surface area contributed by atoms with Gasteiger partial charge in [-0.15, -0.1) is 0 Å². The van der Waals surface area contributed by atoms with Crippen molar-refractivity contribution in [2.45, 2.75) is 23.6 Å². The Hall–Kier alpha value is -6.53. The molecule has 6 aromatic rings. The van der Waals surface area contributed by atoms with Crippen molar-refractivity contribution in [1.29, 1.82) is 0 Å². The van der Waals surface area contributed by atoms with Gasteiger partial charge in [0, 0.05) is 55.4 Å². The van der Waals surface area contributed by atoms with Gasteiger partial charge in [0.25, 0.3) is 32.1 Å². The first kappa shape index (κ1) is 37.2. The van der Waals surface area contributed by atoms with Crippen LogP contribution in [-0.4, -0.2) is 54.0 Å². The van der Waals surface area contributed by atoms with Gasteiger partial charge in [0.15, 0.2) is 0 Å². The fourth-order valence-electron chi connectivity index (χ4n) is 5.94. The molecule has 4 amide bonds. The average Bonchev–Trinajstić information content (AvgIpc) is 3.09. The maximum absolute atomic E-state index is 13.0. The van der Waals surface area contributed by atoms with E-state index in [9.17, 15) is 50.5 Å². The third-order valence-corrected chi connectivity index (χ3v) is 10.2. The molecule has 276 valence electrons. The number of carbonyl (C=O) groups is 3. The van der Waals surface area contributed by atoms with Crippen molar-refractivity contribution in [2.24, 2.45) is 0 Å². The number of fused-ring (bicyclic) bond motifs is 2. The number of urea groups is 1. The Bertz CT molecular complexity index is 2600. The third-order valence-electron chi connectivity index (χ3n) is 8.47. The maximum atomic E-state index is 13.0. The van der Waals surface area contributed by atoms with E-state index in [4.69, 9.17) is 0 Å². The van der Waals surface area contributed by atoms with Gasteiger partial charge in [-0.25, -0.2) is 4.79 Å². The molecule has 17 heteroatoms. The molecule has 6 aromatic carbocycles. The minimum Gasteiger partial charge on any atom is -0.506 e. The summed E-state index contributed by atoms with van der Waals surface area (Å²) in [6, 6.07) is 22.7. The van der Waals surface area contributed by atoms with Gasteiger partial charge in [0.1, 0.15) is 21.3 Å². The molecule has 0 unspecified atom stereocenters. The number of phenols is 2. The molecule has 0 aliphatic carbocycles. The number of imide groups is 2. The summed E-state index contributed by atoms with van der Waals surface area (Å²) >= 11 is 0.